The van der Waals surface area contributed by atoms with E-state index in [1.165, 1.54) is 0 Å². The molecule has 5 heteroatoms. The van der Waals surface area contributed by atoms with Crippen LogP contribution in [0.5, 0.6) is 17.2 Å². The highest BCUT2D eigenvalue weighted by atomic mass is 79.9. The second-order valence-corrected chi connectivity index (χ2v) is 7.89. The maximum Gasteiger partial charge on any atom is 0.127 e. The Morgan fingerprint density at radius 3 is 1.97 bits per heavy atom. The number of hydrogen-bond donors (Lipinski definition) is 0. The molecular weight excluding hydrogens is 452 g/mol. The van der Waals surface area contributed by atoms with Gasteiger partial charge in [0.1, 0.15) is 17.2 Å². The van der Waals surface area contributed by atoms with E-state index in [0.717, 1.165) is 50.0 Å². The van der Waals surface area contributed by atoms with Gasteiger partial charge in [-0.15, -0.1) is 0 Å². The molecule has 0 aliphatic rings. The van der Waals surface area contributed by atoms with Gasteiger partial charge < -0.3 is 14.0 Å². The van der Waals surface area contributed by atoms with Crippen LogP contribution in [0.2, 0.25) is 0 Å². The number of halogens is 1. The average Bonchev–Trinajstić information content (AvgIpc) is 3.02. The van der Waals surface area contributed by atoms with Crippen LogP contribution in [0.3, 0.4) is 0 Å². The molecule has 0 bridgehead atoms. The highest BCUT2D eigenvalue weighted by molar-refractivity contribution is 9.10. The zero-order valence-electron chi connectivity index (χ0n) is 17.7. The summed E-state index contributed by atoms with van der Waals surface area (Å²) in [6.45, 7) is 4.21. The van der Waals surface area contributed by atoms with Gasteiger partial charge in [-0.3, -0.25) is 4.99 Å². The van der Waals surface area contributed by atoms with Gasteiger partial charge in [-0.05, 0) is 90.4 Å². The average molecular weight is 475 g/mol. The van der Waals surface area contributed by atoms with E-state index in [1.54, 1.807) is 7.11 Å². The van der Waals surface area contributed by atoms with Gasteiger partial charge in [0, 0.05) is 33.3 Å². The van der Waals surface area contributed by atoms with Gasteiger partial charge in [-0.2, -0.15) is 0 Å². The van der Waals surface area contributed by atoms with Crippen molar-refractivity contribution in [2.45, 2.75) is 13.8 Å². The molecule has 3 aromatic carbocycles. The Morgan fingerprint density at radius 2 is 1.35 bits per heavy atom. The van der Waals surface area contributed by atoms with E-state index in [2.05, 4.69) is 51.5 Å². The normalized spacial score (nSPS) is 11.1. The second kappa shape index (κ2) is 9.23. The summed E-state index contributed by atoms with van der Waals surface area (Å²) in [5, 5.41) is 0. The molecule has 0 spiro atoms. The van der Waals surface area contributed by atoms with E-state index in [9.17, 15) is 0 Å². The third-order valence-corrected chi connectivity index (χ3v) is 6.10. The number of ether oxygens (including phenoxy) is 2. The lowest BCUT2D eigenvalue weighted by Crippen LogP contribution is -1.99. The summed E-state index contributed by atoms with van der Waals surface area (Å²) < 4.78 is 14.3. The second-order valence-electron chi connectivity index (χ2n) is 7.10. The van der Waals surface area contributed by atoms with Crippen molar-refractivity contribution in [3.05, 3.63) is 100 Å². The first-order valence-electron chi connectivity index (χ1n) is 9.95. The third-order valence-electron chi connectivity index (χ3n) is 5.10. The first-order chi connectivity index (χ1) is 15.1. The van der Waals surface area contributed by atoms with Crippen molar-refractivity contribution in [2.24, 2.45) is 4.99 Å². The molecule has 0 saturated heterocycles. The molecule has 4 aromatic rings. The first kappa shape index (κ1) is 20.9. The third kappa shape index (κ3) is 4.57. The number of benzene rings is 3. The van der Waals surface area contributed by atoms with Crippen LogP contribution in [0.4, 0.5) is 5.69 Å². The quantitative estimate of drug-likeness (QED) is 0.272. The molecule has 4 nitrogen and oxygen atoms in total. The number of methoxy groups -OCH3 is 1. The van der Waals surface area contributed by atoms with Gasteiger partial charge in [0.2, 0.25) is 0 Å². The molecule has 0 N–H and O–H groups in total. The molecule has 0 saturated carbocycles. The Hall–Kier alpha value is -3.31. The smallest absolute Gasteiger partial charge is 0.127 e. The van der Waals surface area contributed by atoms with Gasteiger partial charge in [-0.1, -0.05) is 18.2 Å². The van der Waals surface area contributed by atoms with E-state index >= 15 is 0 Å². The lowest BCUT2D eigenvalue weighted by atomic mass is 10.2. The van der Waals surface area contributed by atoms with Crippen LogP contribution in [0.1, 0.15) is 17.0 Å². The lowest BCUT2D eigenvalue weighted by molar-refractivity contribution is 0.413. The molecule has 156 valence electrons. The fourth-order valence-electron chi connectivity index (χ4n) is 3.46. The summed E-state index contributed by atoms with van der Waals surface area (Å²) in [4.78, 5) is 4.68. The SMILES string of the molecule is COc1ccc(Oc2ccc(N=Cc3c(Br)c(C)n(-c4ccccc4)c3C)cc2)cc1. The predicted octanol–water partition coefficient (Wildman–Crippen LogP) is 7.41. The van der Waals surface area contributed by atoms with Crippen molar-refractivity contribution >= 4 is 27.8 Å². The summed E-state index contributed by atoms with van der Waals surface area (Å²) in [6, 6.07) is 25.6. The van der Waals surface area contributed by atoms with Crippen molar-refractivity contribution in [3.8, 4) is 22.9 Å². The van der Waals surface area contributed by atoms with Crippen LogP contribution in [-0.4, -0.2) is 17.9 Å². The Bertz CT molecular complexity index is 1200. The zero-order valence-corrected chi connectivity index (χ0v) is 19.3. The minimum absolute atomic E-state index is 0.757. The number of aromatic nitrogens is 1. The molecule has 0 radical (unpaired) electrons. The molecule has 0 aliphatic carbocycles. The molecule has 31 heavy (non-hydrogen) atoms. The van der Waals surface area contributed by atoms with E-state index in [4.69, 9.17) is 9.47 Å². The van der Waals surface area contributed by atoms with Gasteiger partial charge >= 0.3 is 0 Å². The molecule has 1 heterocycles. The van der Waals surface area contributed by atoms with Crippen LogP contribution in [0.25, 0.3) is 5.69 Å². The zero-order chi connectivity index (χ0) is 21.8. The first-order valence-corrected chi connectivity index (χ1v) is 10.7. The van der Waals surface area contributed by atoms with Gasteiger partial charge in [0.05, 0.1) is 12.8 Å². The fourth-order valence-corrected chi connectivity index (χ4v) is 4.02. The van der Waals surface area contributed by atoms with Crippen LogP contribution in [0, 0.1) is 13.8 Å². The Labute approximate surface area is 190 Å². The maximum atomic E-state index is 5.88. The van der Waals surface area contributed by atoms with Crippen molar-refractivity contribution in [1.82, 2.24) is 4.57 Å². The highest BCUT2D eigenvalue weighted by Gasteiger charge is 2.15. The summed E-state index contributed by atoms with van der Waals surface area (Å²) in [7, 11) is 1.65. The molecule has 0 unspecified atom stereocenters. The molecule has 0 atom stereocenters. The molecular formula is C26H23BrN2O2. The summed E-state index contributed by atoms with van der Waals surface area (Å²) in [5.41, 5.74) is 5.35. The molecule has 0 aliphatic heterocycles. The van der Waals surface area contributed by atoms with E-state index in [-0.39, 0.29) is 0 Å². The Kier molecular flexibility index (Phi) is 6.23. The van der Waals surface area contributed by atoms with Crippen LogP contribution < -0.4 is 9.47 Å². The highest BCUT2D eigenvalue weighted by Crippen LogP contribution is 2.30. The van der Waals surface area contributed by atoms with Crippen molar-refractivity contribution in [2.75, 3.05) is 7.11 Å². The molecule has 4 rings (SSSR count). The van der Waals surface area contributed by atoms with Crippen molar-refractivity contribution in [1.29, 1.82) is 0 Å². The molecule has 1 aromatic heterocycles. The van der Waals surface area contributed by atoms with E-state index in [1.807, 2.05) is 72.9 Å². The molecule has 0 amide bonds. The Balaban J connectivity index is 1.52. The number of para-hydroxylation sites is 1. The number of aliphatic imine (C=N–C) groups is 1. The number of rotatable bonds is 6. The lowest BCUT2D eigenvalue weighted by Gasteiger charge is -2.09. The minimum Gasteiger partial charge on any atom is -0.497 e. The van der Waals surface area contributed by atoms with Gasteiger partial charge in [0.15, 0.2) is 0 Å². The maximum absolute atomic E-state index is 5.88. The number of nitrogens with zero attached hydrogens (tertiary/aromatic N) is 2. The number of hydrogen-bond acceptors (Lipinski definition) is 3. The Morgan fingerprint density at radius 1 is 0.774 bits per heavy atom. The van der Waals surface area contributed by atoms with Crippen LogP contribution >= 0.6 is 15.9 Å². The van der Waals surface area contributed by atoms with E-state index < -0.39 is 0 Å². The van der Waals surface area contributed by atoms with Crippen molar-refractivity contribution in [3.63, 3.8) is 0 Å². The van der Waals surface area contributed by atoms with Crippen LogP contribution in [-0.2, 0) is 0 Å². The van der Waals surface area contributed by atoms with Gasteiger partial charge in [-0.25, -0.2) is 0 Å². The summed E-state index contributed by atoms with van der Waals surface area (Å²) in [6.07, 6.45) is 1.91. The van der Waals surface area contributed by atoms with Crippen molar-refractivity contribution < 1.29 is 9.47 Å². The van der Waals surface area contributed by atoms with Crippen LogP contribution in [0.15, 0.2) is 88.3 Å². The molecule has 0 fully saturated rings. The largest absolute Gasteiger partial charge is 0.497 e. The summed E-state index contributed by atoms with van der Waals surface area (Å²) in [5.74, 6) is 2.32. The van der Waals surface area contributed by atoms with E-state index in [0.29, 0.717) is 0 Å². The fraction of sp³-hybridized carbons (Fsp3) is 0.115. The monoisotopic (exact) mass is 474 g/mol. The standard InChI is InChI=1S/C26H23BrN2O2/c1-18-25(26(27)19(2)29(18)21-7-5-4-6-8-21)17-28-20-9-11-23(12-10-20)31-24-15-13-22(30-3)14-16-24/h4-17H,1-3H3. The minimum atomic E-state index is 0.757. The topological polar surface area (TPSA) is 35.8 Å². The van der Waals surface area contributed by atoms with Gasteiger partial charge in [0.25, 0.3) is 0 Å². The summed E-state index contributed by atoms with van der Waals surface area (Å²) >= 11 is 3.74. The predicted molar refractivity (Wildman–Crippen MR) is 130 cm³/mol.